The second-order valence-corrected chi connectivity index (χ2v) is 3.41. The van der Waals surface area contributed by atoms with Gasteiger partial charge in [-0.3, -0.25) is 0 Å². The second-order valence-electron chi connectivity index (χ2n) is 3.41. The summed E-state index contributed by atoms with van der Waals surface area (Å²) in [6.07, 6.45) is 0.355. The highest BCUT2D eigenvalue weighted by Gasteiger charge is 2.29. The average Bonchev–Trinajstić information content (AvgIpc) is 2.28. The highest BCUT2D eigenvalue weighted by molar-refractivity contribution is 5.34. The minimum atomic E-state index is -1.32. The van der Waals surface area contributed by atoms with Crippen LogP contribution < -0.4 is 10.5 Å². The summed E-state index contributed by atoms with van der Waals surface area (Å²) in [7, 11) is 1.38. The maximum Gasteiger partial charge on any atom is 0.171 e. The van der Waals surface area contributed by atoms with Gasteiger partial charge in [0, 0.05) is 12.1 Å². The van der Waals surface area contributed by atoms with E-state index in [1.165, 1.54) is 19.2 Å². The third-order valence-electron chi connectivity index (χ3n) is 2.61. The van der Waals surface area contributed by atoms with E-state index in [-0.39, 0.29) is 17.9 Å². The summed E-state index contributed by atoms with van der Waals surface area (Å²) >= 11 is 0. The highest BCUT2D eigenvalue weighted by atomic mass is 19.1. The SMILES string of the molecule is CCC(O)(CN)c1cccc(OC)c1F. The van der Waals surface area contributed by atoms with Crippen LogP contribution in [-0.4, -0.2) is 18.8 Å². The van der Waals surface area contributed by atoms with Gasteiger partial charge in [-0.1, -0.05) is 19.1 Å². The summed E-state index contributed by atoms with van der Waals surface area (Å²) in [5, 5.41) is 10.1. The third-order valence-corrected chi connectivity index (χ3v) is 2.61. The van der Waals surface area contributed by atoms with Crippen LogP contribution in [0.15, 0.2) is 18.2 Å². The molecule has 0 aliphatic carbocycles. The molecule has 0 saturated heterocycles. The molecule has 0 fully saturated rings. The number of aliphatic hydroxyl groups is 1. The average molecular weight is 213 g/mol. The van der Waals surface area contributed by atoms with E-state index in [9.17, 15) is 9.50 Å². The lowest BCUT2D eigenvalue weighted by Crippen LogP contribution is -2.35. The number of ether oxygens (including phenoxy) is 1. The number of benzene rings is 1. The second kappa shape index (κ2) is 4.59. The van der Waals surface area contributed by atoms with Gasteiger partial charge >= 0.3 is 0 Å². The predicted molar refractivity (Wildman–Crippen MR) is 56.2 cm³/mol. The zero-order valence-corrected chi connectivity index (χ0v) is 8.96. The normalized spacial score (nSPS) is 14.7. The first kappa shape index (κ1) is 11.9. The van der Waals surface area contributed by atoms with Crippen LogP contribution in [0.25, 0.3) is 0 Å². The van der Waals surface area contributed by atoms with E-state index in [1.54, 1.807) is 13.0 Å². The summed E-state index contributed by atoms with van der Waals surface area (Å²) in [4.78, 5) is 0. The van der Waals surface area contributed by atoms with Crippen molar-refractivity contribution in [1.82, 2.24) is 0 Å². The van der Waals surface area contributed by atoms with Crippen LogP contribution in [0.2, 0.25) is 0 Å². The topological polar surface area (TPSA) is 55.5 Å². The summed E-state index contributed by atoms with van der Waals surface area (Å²) in [5.74, 6) is -0.428. The molecule has 0 aliphatic rings. The molecule has 0 radical (unpaired) electrons. The van der Waals surface area contributed by atoms with Crippen LogP contribution in [0.1, 0.15) is 18.9 Å². The molecule has 1 unspecified atom stereocenters. The lowest BCUT2D eigenvalue weighted by molar-refractivity contribution is 0.0377. The van der Waals surface area contributed by atoms with Crippen molar-refractivity contribution in [3.63, 3.8) is 0 Å². The van der Waals surface area contributed by atoms with E-state index < -0.39 is 11.4 Å². The zero-order valence-electron chi connectivity index (χ0n) is 8.96. The molecule has 0 saturated carbocycles. The number of hydrogen-bond donors (Lipinski definition) is 2. The molecule has 1 atom stereocenters. The van der Waals surface area contributed by atoms with Crippen LogP contribution in [0, 0.1) is 5.82 Å². The minimum absolute atomic E-state index is 0.0203. The fourth-order valence-electron chi connectivity index (χ4n) is 1.47. The van der Waals surface area contributed by atoms with Crippen molar-refractivity contribution < 1.29 is 14.2 Å². The van der Waals surface area contributed by atoms with Gasteiger partial charge in [0.25, 0.3) is 0 Å². The summed E-state index contributed by atoms with van der Waals surface area (Å²) < 4.78 is 18.6. The van der Waals surface area contributed by atoms with Gasteiger partial charge in [0.2, 0.25) is 0 Å². The van der Waals surface area contributed by atoms with Gasteiger partial charge in [-0.25, -0.2) is 4.39 Å². The molecule has 0 aliphatic heterocycles. The third kappa shape index (κ3) is 2.11. The van der Waals surface area contributed by atoms with Gasteiger partial charge in [-0.2, -0.15) is 0 Å². The van der Waals surface area contributed by atoms with Gasteiger partial charge < -0.3 is 15.6 Å². The van der Waals surface area contributed by atoms with Crippen molar-refractivity contribution in [3.8, 4) is 5.75 Å². The molecule has 1 aromatic carbocycles. The first-order valence-corrected chi connectivity index (χ1v) is 4.84. The van der Waals surface area contributed by atoms with Crippen LogP contribution in [0.4, 0.5) is 4.39 Å². The molecule has 84 valence electrons. The predicted octanol–water partition coefficient (Wildman–Crippen LogP) is 1.39. The van der Waals surface area contributed by atoms with Gasteiger partial charge in [-0.15, -0.1) is 0 Å². The maximum atomic E-state index is 13.8. The molecular weight excluding hydrogens is 197 g/mol. The Bertz CT molecular complexity index is 337. The lowest BCUT2D eigenvalue weighted by atomic mass is 9.90. The molecule has 3 N–H and O–H groups in total. The Balaban J connectivity index is 3.24. The van der Waals surface area contributed by atoms with Crippen LogP contribution in [0.5, 0.6) is 5.75 Å². The summed E-state index contributed by atoms with van der Waals surface area (Å²) in [6.45, 7) is 1.74. The van der Waals surface area contributed by atoms with E-state index in [4.69, 9.17) is 10.5 Å². The van der Waals surface area contributed by atoms with E-state index in [1.807, 2.05) is 0 Å². The Morgan fingerprint density at radius 3 is 2.67 bits per heavy atom. The molecule has 1 aromatic rings. The van der Waals surface area contributed by atoms with E-state index >= 15 is 0 Å². The Labute approximate surface area is 88.7 Å². The lowest BCUT2D eigenvalue weighted by Gasteiger charge is -2.26. The van der Waals surface area contributed by atoms with Crippen molar-refractivity contribution in [1.29, 1.82) is 0 Å². The number of rotatable bonds is 4. The fraction of sp³-hybridized carbons (Fsp3) is 0.455. The van der Waals surface area contributed by atoms with Crippen molar-refractivity contribution in [2.75, 3.05) is 13.7 Å². The molecular formula is C11H16FNO2. The molecule has 0 heterocycles. The minimum Gasteiger partial charge on any atom is -0.494 e. The van der Waals surface area contributed by atoms with Crippen LogP contribution >= 0.6 is 0 Å². The number of hydrogen-bond acceptors (Lipinski definition) is 3. The van der Waals surface area contributed by atoms with Crippen molar-refractivity contribution in [2.45, 2.75) is 18.9 Å². The first-order valence-electron chi connectivity index (χ1n) is 4.84. The Morgan fingerprint density at radius 1 is 1.53 bits per heavy atom. The number of nitrogens with two attached hydrogens (primary N) is 1. The first-order chi connectivity index (χ1) is 7.09. The Kier molecular flexibility index (Phi) is 3.66. The van der Waals surface area contributed by atoms with Gasteiger partial charge in [0.1, 0.15) is 5.60 Å². The molecule has 4 heteroatoms. The zero-order chi connectivity index (χ0) is 11.5. The van der Waals surface area contributed by atoms with Crippen molar-refractivity contribution >= 4 is 0 Å². The maximum absolute atomic E-state index is 13.8. The van der Waals surface area contributed by atoms with Gasteiger partial charge in [0.15, 0.2) is 11.6 Å². The summed E-state index contributed by atoms with van der Waals surface area (Å²) in [6, 6.07) is 4.66. The largest absolute Gasteiger partial charge is 0.494 e. The van der Waals surface area contributed by atoms with Gasteiger partial charge in [0.05, 0.1) is 7.11 Å². The van der Waals surface area contributed by atoms with Crippen LogP contribution in [0.3, 0.4) is 0 Å². The molecule has 0 amide bonds. The molecule has 0 aromatic heterocycles. The molecule has 15 heavy (non-hydrogen) atoms. The van der Waals surface area contributed by atoms with Gasteiger partial charge in [-0.05, 0) is 12.5 Å². The van der Waals surface area contributed by atoms with Crippen molar-refractivity contribution in [2.24, 2.45) is 5.73 Å². The number of methoxy groups -OCH3 is 1. The monoisotopic (exact) mass is 213 g/mol. The highest BCUT2D eigenvalue weighted by Crippen LogP contribution is 2.30. The van der Waals surface area contributed by atoms with E-state index in [0.29, 0.717) is 6.42 Å². The number of halogens is 1. The standard InChI is InChI=1S/C11H16FNO2/c1-3-11(14,7-13)8-5-4-6-9(15-2)10(8)12/h4-6,14H,3,7,13H2,1-2H3. The molecule has 0 bridgehead atoms. The Morgan fingerprint density at radius 2 is 2.20 bits per heavy atom. The fourth-order valence-corrected chi connectivity index (χ4v) is 1.47. The molecule has 0 spiro atoms. The smallest absolute Gasteiger partial charge is 0.171 e. The summed E-state index contributed by atoms with van der Waals surface area (Å²) in [5.41, 5.74) is 4.32. The molecule has 1 rings (SSSR count). The van der Waals surface area contributed by atoms with Crippen molar-refractivity contribution in [3.05, 3.63) is 29.6 Å². The molecule has 3 nitrogen and oxygen atoms in total. The van der Waals surface area contributed by atoms with Crippen LogP contribution in [-0.2, 0) is 5.60 Å². The van der Waals surface area contributed by atoms with E-state index in [2.05, 4.69) is 0 Å². The Hall–Kier alpha value is -1.13. The van der Waals surface area contributed by atoms with E-state index in [0.717, 1.165) is 0 Å². The quantitative estimate of drug-likeness (QED) is 0.794.